The van der Waals surface area contributed by atoms with Crippen molar-refractivity contribution in [2.75, 3.05) is 50.8 Å². The number of aliphatic hydroxyl groups is 1. The maximum atomic E-state index is 13.9. The first-order valence-electron chi connectivity index (χ1n) is 17.0. The number of aliphatic hydroxyl groups excluding tert-OH is 1. The zero-order valence-electron chi connectivity index (χ0n) is 27.4. The predicted octanol–water partition coefficient (Wildman–Crippen LogP) is 6.38. The van der Waals surface area contributed by atoms with Crippen molar-refractivity contribution < 1.29 is 27.8 Å². The summed E-state index contributed by atoms with van der Waals surface area (Å²) in [5, 5.41) is 11.6. The number of aromatic amines is 1. The van der Waals surface area contributed by atoms with E-state index >= 15 is 0 Å². The number of carbonyl (C=O) groups excluding carboxylic acids is 1. The van der Waals surface area contributed by atoms with Gasteiger partial charge in [0.25, 0.3) is 5.91 Å². The molecule has 5 aromatic rings. The molecule has 5 heterocycles. The van der Waals surface area contributed by atoms with Gasteiger partial charge in [-0.15, -0.1) is 0 Å². The number of piperazine rings is 1. The van der Waals surface area contributed by atoms with E-state index < -0.39 is 12.7 Å². The maximum Gasteiger partial charge on any atom is 0.401 e. The van der Waals surface area contributed by atoms with Crippen molar-refractivity contribution >= 4 is 22.6 Å². The Labute approximate surface area is 287 Å². The van der Waals surface area contributed by atoms with Crippen LogP contribution in [0.5, 0.6) is 5.75 Å². The monoisotopic (exact) mass is 682 g/mol. The van der Waals surface area contributed by atoms with E-state index in [0.717, 1.165) is 33.5 Å². The van der Waals surface area contributed by atoms with Gasteiger partial charge in [0.15, 0.2) is 0 Å². The molecule has 1 saturated heterocycles. The lowest BCUT2D eigenvalue weighted by Gasteiger charge is -2.34. The van der Waals surface area contributed by atoms with Crippen LogP contribution in [0.3, 0.4) is 0 Å². The quantitative estimate of drug-likeness (QED) is 0.196. The van der Waals surface area contributed by atoms with Gasteiger partial charge < -0.3 is 19.7 Å². The Balaban J connectivity index is 1.03. The van der Waals surface area contributed by atoms with E-state index in [4.69, 9.17) is 9.72 Å². The van der Waals surface area contributed by atoms with E-state index in [-0.39, 0.29) is 12.5 Å². The summed E-state index contributed by atoms with van der Waals surface area (Å²) in [6.07, 6.45) is 1.67. The minimum Gasteiger partial charge on any atom is -0.491 e. The second-order valence-corrected chi connectivity index (χ2v) is 13.3. The van der Waals surface area contributed by atoms with Crippen LogP contribution in [-0.4, -0.2) is 87.8 Å². The summed E-state index contributed by atoms with van der Waals surface area (Å²) >= 11 is 0. The molecule has 8 rings (SSSR count). The summed E-state index contributed by atoms with van der Waals surface area (Å²) in [5.41, 5.74) is 7.80. The predicted molar refractivity (Wildman–Crippen MR) is 184 cm³/mol. The average Bonchev–Trinajstić information content (AvgIpc) is 3.90. The number of aromatic nitrogens is 3. The molecule has 12 heteroatoms. The lowest BCUT2D eigenvalue weighted by molar-refractivity contribution is -0.149. The molecule has 9 nitrogen and oxygen atoms in total. The summed E-state index contributed by atoms with van der Waals surface area (Å²) in [7, 11) is 0. The minimum absolute atomic E-state index is 0.159. The van der Waals surface area contributed by atoms with Gasteiger partial charge in [0.2, 0.25) is 0 Å². The number of anilines is 1. The fraction of sp³-hybridized carbons (Fsp3) is 0.342. The number of ether oxygens (including phenoxy) is 1. The number of fused-ring (bicyclic) bond motifs is 2. The number of rotatable bonds is 8. The van der Waals surface area contributed by atoms with E-state index in [1.807, 2.05) is 60.7 Å². The summed E-state index contributed by atoms with van der Waals surface area (Å²) in [5.74, 6) is 1.01. The van der Waals surface area contributed by atoms with Crippen molar-refractivity contribution in [3.8, 4) is 28.3 Å². The number of nitrogens with zero attached hydrogens (tertiary/aromatic N) is 5. The van der Waals surface area contributed by atoms with E-state index in [9.17, 15) is 23.1 Å². The van der Waals surface area contributed by atoms with Crippen LogP contribution in [0.4, 0.5) is 18.9 Å². The minimum atomic E-state index is -4.18. The highest BCUT2D eigenvalue weighted by Gasteiger charge is 2.33. The van der Waals surface area contributed by atoms with E-state index in [1.54, 1.807) is 17.3 Å². The van der Waals surface area contributed by atoms with Gasteiger partial charge in [-0.1, -0.05) is 24.3 Å². The van der Waals surface area contributed by atoms with Crippen molar-refractivity contribution in [1.82, 2.24) is 24.8 Å². The molecule has 0 radical (unpaired) electrons. The van der Waals surface area contributed by atoms with Crippen LogP contribution in [0.15, 0.2) is 73.1 Å². The molecule has 258 valence electrons. The molecule has 3 aliphatic rings. The molecule has 0 spiro atoms. The van der Waals surface area contributed by atoms with Crippen LogP contribution >= 0.6 is 0 Å². The van der Waals surface area contributed by atoms with Crippen molar-refractivity contribution in [1.29, 1.82) is 0 Å². The van der Waals surface area contributed by atoms with Crippen molar-refractivity contribution in [2.45, 2.75) is 38.1 Å². The second kappa shape index (κ2) is 13.2. The zero-order chi connectivity index (χ0) is 34.4. The number of amides is 1. The van der Waals surface area contributed by atoms with Crippen LogP contribution in [0, 0.1) is 0 Å². The van der Waals surface area contributed by atoms with E-state index in [2.05, 4.69) is 14.9 Å². The highest BCUT2D eigenvalue weighted by atomic mass is 19.4. The van der Waals surface area contributed by atoms with Gasteiger partial charge in [-0.3, -0.25) is 19.6 Å². The SMILES string of the molecule is O=C1c2ccc(C3CC3)cc2OCCN1c1cccc(-c2ccnc3[nH]c(-c4ccc(CN5CCN(CC(F)(F)F)CC5)cn4)cc23)c1CO. The Hall–Kier alpha value is -4.78. The highest BCUT2D eigenvalue weighted by Crippen LogP contribution is 2.43. The number of hydrogen-bond donors (Lipinski definition) is 2. The summed E-state index contributed by atoms with van der Waals surface area (Å²) in [4.78, 5) is 31.9. The molecule has 2 fully saturated rings. The number of pyridine rings is 2. The summed E-state index contributed by atoms with van der Waals surface area (Å²) < 4.78 is 44.3. The Kier molecular flexibility index (Phi) is 8.54. The van der Waals surface area contributed by atoms with Crippen molar-refractivity contribution in [2.24, 2.45) is 0 Å². The standard InChI is InChI=1S/C38H37F3N6O3/c39-38(40,41)23-46-14-12-45(13-15-46)21-24-4-9-32(43-20-24)33-19-30-28(10-11-42-36(30)44-33)27-2-1-3-34(31(27)22-48)47-16-17-50-35-18-26(25-5-6-25)7-8-29(35)37(47)49/h1-4,7-11,18-20,25,48H,5-6,12-17,21-23H2,(H,42,44). The zero-order valence-corrected chi connectivity index (χ0v) is 27.4. The molecule has 1 aliphatic carbocycles. The number of H-pyrrole nitrogens is 1. The molecule has 0 bridgehead atoms. The maximum absolute atomic E-state index is 13.9. The van der Waals surface area contributed by atoms with Crippen LogP contribution in [-0.2, 0) is 13.2 Å². The van der Waals surface area contributed by atoms with Gasteiger partial charge >= 0.3 is 6.18 Å². The van der Waals surface area contributed by atoms with Crippen LogP contribution in [0.1, 0.15) is 45.8 Å². The van der Waals surface area contributed by atoms with Crippen LogP contribution < -0.4 is 9.64 Å². The Morgan fingerprint density at radius 3 is 2.46 bits per heavy atom. The topological polar surface area (TPSA) is 97.8 Å². The number of hydrogen-bond acceptors (Lipinski definition) is 7. The molecule has 1 amide bonds. The molecule has 3 aromatic heterocycles. The third kappa shape index (κ3) is 6.58. The van der Waals surface area contributed by atoms with Gasteiger partial charge in [0.1, 0.15) is 18.0 Å². The number of alkyl halides is 3. The fourth-order valence-electron chi connectivity index (χ4n) is 7.17. The normalized spacial score (nSPS) is 17.5. The van der Waals surface area contributed by atoms with Crippen LogP contribution in [0.2, 0.25) is 0 Å². The summed E-state index contributed by atoms with van der Waals surface area (Å²) in [6, 6.07) is 19.4. The smallest absolute Gasteiger partial charge is 0.401 e. The van der Waals surface area contributed by atoms with Crippen molar-refractivity contribution in [3.05, 3.63) is 95.3 Å². The van der Waals surface area contributed by atoms with Gasteiger partial charge in [-0.05, 0) is 77.4 Å². The van der Waals surface area contributed by atoms with E-state index in [0.29, 0.717) is 80.0 Å². The number of benzene rings is 2. The Morgan fingerprint density at radius 2 is 1.72 bits per heavy atom. The summed E-state index contributed by atoms with van der Waals surface area (Å²) in [6.45, 7) is 2.07. The molecule has 1 saturated carbocycles. The largest absolute Gasteiger partial charge is 0.491 e. The van der Waals surface area contributed by atoms with Gasteiger partial charge in [0, 0.05) is 56.1 Å². The molecular weight excluding hydrogens is 645 g/mol. The highest BCUT2D eigenvalue weighted by molar-refractivity contribution is 6.09. The first-order valence-corrected chi connectivity index (χ1v) is 17.0. The first-order chi connectivity index (χ1) is 24.2. The number of nitrogens with one attached hydrogen (secondary N) is 1. The van der Waals surface area contributed by atoms with Gasteiger partial charge in [-0.2, -0.15) is 13.2 Å². The average molecular weight is 683 g/mol. The molecule has 2 aromatic carbocycles. The molecule has 50 heavy (non-hydrogen) atoms. The van der Waals surface area contributed by atoms with Crippen LogP contribution in [0.25, 0.3) is 33.5 Å². The lowest BCUT2D eigenvalue weighted by Crippen LogP contribution is -2.48. The lowest BCUT2D eigenvalue weighted by atomic mass is 9.96. The molecule has 2 N–H and O–H groups in total. The Bertz CT molecular complexity index is 2030. The van der Waals surface area contributed by atoms with Gasteiger partial charge in [0.05, 0.1) is 42.3 Å². The second-order valence-electron chi connectivity index (χ2n) is 13.3. The number of halogens is 3. The molecule has 0 unspecified atom stereocenters. The fourth-order valence-corrected chi connectivity index (χ4v) is 7.17. The van der Waals surface area contributed by atoms with E-state index in [1.165, 1.54) is 23.3 Å². The van der Waals surface area contributed by atoms with Crippen molar-refractivity contribution in [3.63, 3.8) is 0 Å². The number of carbonyl (C=O) groups is 1. The third-order valence-electron chi connectivity index (χ3n) is 9.90. The molecular formula is C38H37F3N6O3. The van der Waals surface area contributed by atoms with Gasteiger partial charge in [-0.25, -0.2) is 4.98 Å². The third-order valence-corrected chi connectivity index (χ3v) is 9.90. The molecule has 2 aliphatic heterocycles. The first kappa shape index (κ1) is 32.4. The Morgan fingerprint density at radius 1 is 0.900 bits per heavy atom. The molecule has 0 atom stereocenters.